The average molecular weight is 1530 g/mol. The third kappa shape index (κ3) is 30.2. The number of aliphatic hydroxyl groups excluding tert-OH is 2. The van der Waals surface area contributed by atoms with Crippen LogP contribution in [0.1, 0.15) is 349 Å². The predicted molar refractivity (Wildman–Crippen MR) is 467 cm³/mol. The molecule has 0 spiro atoms. The number of phenolic OH excluding ortho intramolecular Hbond substituents is 2. The number of carbonyl (C=O) groups excluding carboxylic acids is 4. The number of Topliss-reactive ketones (excluding diaryl/α,β-unsaturated/α-hetero) is 2. The minimum atomic E-state index is -0.702. The van der Waals surface area contributed by atoms with Crippen LogP contribution in [-0.2, 0) is 19.2 Å². The lowest BCUT2D eigenvalue weighted by Crippen LogP contribution is -2.51. The van der Waals surface area contributed by atoms with Crippen LogP contribution in [-0.4, -0.2) is 77.7 Å². The van der Waals surface area contributed by atoms with Crippen molar-refractivity contribution < 1.29 is 49.8 Å². The van der Waals surface area contributed by atoms with Crippen LogP contribution in [0.4, 0.5) is 0 Å². The average Bonchev–Trinajstić information content (AvgIpc) is 1.48. The van der Waals surface area contributed by atoms with E-state index in [1.807, 2.05) is 78.0 Å². The van der Waals surface area contributed by atoms with E-state index >= 15 is 0 Å². The first-order chi connectivity index (χ1) is 50.6. The highest BCUT2D eigenvalue weighted by Gasteiger charge is 2.62. The zero-order chi connectivity index (χ0) is 84.6. The van der Waals surface area contributed by atoms with Crippen LogP contribution < -0.4 is 0 Å². The predicted octanol–water partition coefficient (Wildman–Crippen LogP) is 25.5. The summed E-state index contributed by atoms with van der Waals surface area (Å²) in [6.45, 7) is 68.5. The Balaban J connectivity index is 0.000000415. The fraction of sp³-hybridized carbons (Fsp3) is 0.700. The fourth-order valence-corrected chi connectivity index (χ4v) is 17.5. The van der Waals surface area contributed by atoms with E-state index in [1.165, 1.54) is 60.0 Å². The zero-order valence-corrected chi connectivity index (χ0v) is 75.5. The number of rotatable bonds is 14. The van der Waals surface area contributed by atoms with Crippen molar-refractivity contribution in [1.82, 2.24) is 0 Å². The summed E-state index contributed by atoms with van der Waals surface area (Å²) >= 11 is 0. The summed E-state index contributed by atoms with van der Waals surface area (Å²) in [7, 11) is 0. The number of fused-ring (bicyclic) bond motifs is 5. The summed E-state index contributed by atoms with van der Waals surface area (Å²) < 4.78 is 0. The quantitative estimate of drug-likeness (QED) is 0.0784. The van der Waals surface area contributed by atoms with Crippen molar-refractivity contribution >= 4 is 23.6 Å². The number of aromatic hydroxyl groups is 2. The van der Waals surface area contributed by atoms with Gasteiger partial charge in [0.1, 0.15) is 23.6 Å². The van der Waals surface area contributed by atoms with Crippen LogP contribution in [0.5, 0.6) is 11.5 Å². The second-order valence-corrected chi connectivity index (χ2v) is 39.5. The molecular formula is C100H164O10. The molecule has 110 heavy (non-hydrogen) atoms. The number of carbonyl (C=O) groups is 4. The standard InChI is InChI=1S/C10H14O.C10H18O.C10H16O.C10H18O.2C10H14O.C10H20O.C10H14O.2C10H18O/c1-6-4-9(11)8-5-7(6)10(8,2)3;2*1-9(2)7-4-5-10(9,3)8(11)6-7;1-8-4-6-9(7-5-8)10(2,3)11;2*1-7(2)9-5-4-8(3)10(11)6-9;2*1-7(2)9-5-4-8(3)6-10(9)11;1-9(2)5-4-6-10(3)7-8-11;1-5-10(4,11)8-6-7-9(2)3/h4,7-8H,5H2,1-3H3;7-8,11H,4-6H2,1-3H3;7H,4-6H2,1-3H3;4,9,11H,5-7H2,1-3H3;4-7,11H,1-3H3;4,9H,1,5-6H2,2-3H3;7-11H,4-6H2,1-3H3;4-7,11H,1-3H3;5,8,10H,4,6-7H2,1-3H3;5,7,11H,1,6,8H2,2-4H3. The lowest BCUT2D eigenvalue weighted by molar-refractivity contribution is -0.134. The molecule has 10 heteroatoms. The summed E-state index contributed by atoms with van der Waals surface area (Å²) in [5.74, 6) is 8.68. The molecule has 12 rings (SSSR count). The van der Waals surface area contributed by atoms with Gasteiger partial charge < -0.3 is 35.4 Å². The largest absolute Gasteiger partial charge is 0.508 e. The number of hydrogen-bond donors (Lipinski definition) is 6. The van der Waals surface area contributed by atoms with Crippen molar-refractivity contribution in [3.63, 3.8) is 0 Å². The van der Waals surface area contributed by atoms with Gasteiger partial charge >= 0.3 is 0 Å². The lowest BCUT2D eigenvalue weighted by atomic mass is 9.49. The van der Waals surface area contributed by atoms with Crippen molar-refractivity contribution in [3.05, 3.63) is 142 Å². The number of aryl methyl sites for hydroxylation is 2. The van der Waals surface area contributed by atoms with Crippen LogP contribution in [0.25, 0.3) is 0 Å². The van der Waals surface area contributed by atoms with Gasteiger partial charge in [-0.15, -0.1) is 6.58 Å². The lowest BCUT2D eigenvalue weighted by Gasteiger charge is -2.54. The van der Waals surface area contributed by atoms with E-state index in [9.17, 15) is 49.8 Å². The molecular weight excluding hydrogens is 1360 g/mol. The van der Waals surface area contributed by atoms with Gasteiger partial charge in [-0.05, 0) is 326 Å². The van der Waals surface area contributed by atoms with Crippen molar-refractivity contribution in [3.8, 4) is 11.5 Å². The first kappa shape index (κ1) is 101. The van der Waals surface area contributed by atoms with Crippen molar-refractivity contribution in [1.29, 1.82) is 0 Å². The number of aldehydes is 1. The number of ketones is 3. The SMILES string of the molecule is C=C(C)C1CC=C(C)C(=O)C1.C=CC(C)(O)CCC=C(C)C.CC(C)=CCCC(C)CC=O.CC1(C)C2CCC1(C)C(O)C2.CC12CCC(CC1=O)C2(C)C.CC1=CC(=O)C2CC1C2(C)C.CC1=CCC(C(C)(C)O)CC1.CC1CCC(C(C)C)C(O)C1.Cc1ccc(C(C)C)c(O)c1.Cc1ccc(C(C)C)cc1O. The molecule has 0 aromatic heterocycles. The number of phenols is 2. The molecule has 10 nitrogen and oxygen atoms in total. The van der Waals surface area contributed by atoms with Gasteiger partial charge in [0.05, 0.1) is 23.4 Å². The first-order valence-corrected chi connectivity index (χ1v) is 42.6. The Labute approximate surface area is 673 Å². The molecule has 6 fully saturated rings. The number of allylic oxidation sites excluding steroid dienone is 11. The maximum absolute atomic E-state index is 11.6. The molecule has 2 aromatic carbocycles. The number of hydrogen-bond acceptors (Lipinski definition) is 10. The van der Waals surface area contributed by atoms with E-state index in [4.69, 9.17) is 0 Å². The Morgan fingerprint density at radius 3 is 1.65 bits per heavy atom. The molecule has 2 aromatic rings. The molecule has 14 unspecified atom stereocenters. The van der Waals surface area contributed by atoms with Gasteiger partial charge in [-0.1, -0.05) is 206 Å². The highest BCUT2D eigenvalue weighted by molar-refractivity contribution is 5.96. The topological polar surface area (TPSA) is 190 Å². The molecule has 14 atom stereocenters. The highest BCUT2D eigenvalue weighted by atomic mass is 16.3. The molecule has 0 saturated heterocycles. The van der Waals surface area contributed by atoms with E-state index < -0.39 is 11.2 Å². The molecule has 6 saturated carbocycles. The maximum atomic E-state index is 11.6. The van der Waals surface area contributed by atoms with Gasteiger partial charge in [-0.25, -0.2) is 0 Å². The van der Waals surface area contributed by atoms with E-state index in [1.54, 1.807) is 19.1 Å². The van der Waals surface area contributed by atoms with Gasteiger partial charge in [0.2, 0.25) is 0 Å². The molecule has 6 bridgehead atoms. The third-order valence-corrected chi connectivity index (χ3v) is 27.7. The zero-order valence-electron chi connectivity index (χ0n) is 75.5. The Morgan fingerprint density at radius 2 is 1.27 bits per heavy atom. The Morgan fingerprint density at radius 1 is 0.673 bits per heavy atom. The second-order valence-electron chi connectivity index (χ2n) is 39.5. The van der Waals surface area contributed by atoms with E-state index in [-0.39, 0.29) is 39.7 Å². The monoisotopic (exact) mass is 1530 g/mol. The number of benzene rings is 2. The van der Waals surface area contributed by atoms with E-state index in [2.05, 4.69) is 190 Å². The summed E-state index contributed by atoms with van der Waals surface area (Å²) in [5.41, 5.74) is 11.7. The normalized spacial score (nSPS) is 27.9. The first-order valence-electron chi connectivity index (χ1n) is 42.6. The van der Waals surface area contributed by atoms with Crippen LogP contribution in [0.15, 0.2) is 119 Å². The van der Waals surface area contributed by atoms with Crippen LogP contribution in [0, 0.1) is 100 Å². The molecule has 10 aliphatic rings. The van der Waals surface area contributed by atoms with Crippen LogP contribution in [0.2, 0.25) is 0 Å². The summed E-state index contributed by atoms with van der Waals surface area (Å²) in [6, 6.07) is 11.6. The molecule has 0 aliphatic heterocycles. The second kappa shape index (κ2) is 44.6. The van der Waals surface area contributed by atoms with Crippen molar-refractivity contribution in [2.75, 3.05) is 0 Å². The van der Waals surface area contributed by atoms with Gasteiger partial charge in [0.25, 0.3) is 0 Å². The minimum absolute atomic E-state index is 0.0255. The minimum Gasteiger partial charge on any atom is -0.508 e. The fourth-order valence-electron chi connectivity index (χ4n) is 17.5. The van der Waals surface area contributed by atoms with Gasteiger partial charge in [-0.2, -0.15) is 0 Å². The number of aliphatic hydroxyl groups is 4. The molecule has 10 aliphatic carbocycles. The molecule has 624 valence electrons. The van der Waals surface area contributed by atoms with Crippen molar-refractivity contribution in [2.24, 2.45) is 86.3 Å². The third-order valence-electron chi connectivity index (χ3n) is 27.7. The van der Waals surface area contributed by atoms with Gasteiger partial charge in [-0.3, -0.25) is 14.4 Å². The Hall–Kier alpha value is -5.26. The highest BCUT2D eigenvalue weighted by Crippen LogP contribution is 2.66. The van der Waals surface area contributed by atoms with Gasteiger partial charge in [0, 0.05) is 30.6 Å². The molecule has 0 heterocycles. The Kier molecular flexibility index (Phi) is 40.9. The molecule has 0 radical (unpaired) electrons. The summed E-state index contributed by atoms with van der Waals surface area (Å²) in [6.07, 6.45) is 34.1. The van der Waals surface area contributed by atoms with Crippen molar-refractivity contribution in [2.45, 2.75) is 364 Å². The van der Waals surface area contributed by atoms with Crippen LogP contribution >= 0.6 is 0 Å². The summed E-state index contributed by atoms with van der Waals surface area (Å²) in [4.78, 5) is 44.3. The molecule has 6 N–H and O–H groups in total. The Bertz CT molecular complexity index is 3410. The van der Waals surface area contributed by atoms with Gasteiger partial charge in [0.15, 0.2) is 11.6 Å². The van der Waals surface area contributed by atoms with Crippen LogP contribution in [0.3, 0.4) is 0 Å². The molecule has 0 amide bonds. The van der Waals surface area contributed by atoms with E-state index in [0.29, 0.717) is 101 Å². The summed E-state index contributed by atoms with van der Waals surface area (Å²) in [5, 5.41) is 57.5. The van der Waals surface area contributed by atoms with E-state index in [0.717, 1.165) is 129 Å². The smallest absolute Gasteiger partial charge is 0.159 e. The maximum Gasteiger partial charge on any atom is 0.159 e.